The third-order valence-corrected chi connectivity index (χ3v) is 4.65. The predicted octanol–water partition coefficient (Wildman–Crippen LogP) is 2.33. The fraction of sp³-hybridized carbons (Fsp3) is 0.312. The number of rotatable bonds is 1. The number of anilines is 2. The van der Waals surface area contributed by atoms with Gasteiger partial charge in [-0.2, -0.15) is 5.10 Å². The van der Waals surface area contributed by atoms with Crippen LogP contribution >= 0.6 is 0 Å². The smallest absolute Gasteiger partial charge is 0.220 e. The Kier molecular flexibility index (Phi) is 2.53. The molecule has 7 heteroatoms. The first-order chi connectivity index (χ1) is 11.3. The van der Waals surface area contributed by atoms with E-state index >= 15 is 0 Å². The van der Waals surface area contributed by atoms with Crippen molar-refractivity contribution in [1.29, 1.82) is 0 Å². The van der Waals surface area contributed by atoms with Crippen LogP contribution in [-0.2, 0) is 0 Å². The molecule has 4 N–H and O–H groups in total. The van der Waals surface area contributed by atoms with E-state index in [0.29, 0.717) is 6.04 Å². The molecule has 2 aliphatic rings. The van der Waals surface area contributed by atoms with E-state index in [4.69, 9.17) is 10.5 Å². The van der Waals surface area contributed by atoms with Crippen LogP contribution in [-0.4, -0.2) is 32.3 Å². The molecule has 1 fully saturated rings. The normalized spacial score (nSPS) is 22.3. The highest BCUT2D eigenvalue weighted by Gasteiger charge is 2.33. The second-order valence-corrected chi connectivity index (χ2v) is 6.11. The van der Waals surface area contributed by atoms with E-state index < -0.39 is 0 Å². The summed E-state index contributed by atoms with van der Waals surface area (Å²) in [5.74, 6) is 1.98. The highest BCUT2D eigenvalue weighted by atomic mass is 16.5. The Bertz CT molecular complexity index is 905. The fourth-order valence-corrected chi connectivity index (χ4v) is 3.57. The Morgan fingerprint density at radius 2 is 2.22 bits per heavy atom. The van der Waals surface area contributed by atoms with E-state index in [9.17, 15) is 0 Å². The molecule has 0 spiro atoms. The number of fused-ring (bicyclic) bond motifs is 1. The summed E-state index contributed by atoms with van der Waals surface area (Å²) in [6.45, 7) is 0. The average Bonchev–Trinajstić information content (AvgIpc) is 3.12. The van der Waals surface area contributed by atoms with Gasteiger partial charge >= 0.3 is 0 Å². The molecular formula is C16H16N6O. The molecule has 7 nitrogen and oxygen atoms in total. The van der Waals surface area contributed by atoms with Gasteiger partial charge in [-0.25, -0.2) is 9.97 Å². The first kappa shape index (κ1) is 12.7. The maximum Gasteiger partial charge on any atom is 0.220 e. The molecule has 2 atom stereocenters. The summed E-state index contributed by atoms with van der Waals surface area (Å²) in [5.41, 5.74) is 8.35. The monoisotopic (exact) mass is 308 g/mol. The maximum atomic E-state index is 6.31. The summed E-state index contributed by atoms with van der Waals surface area (Å²) in [6, 6.07) is 6.20. The summed E-state index contributed by atoms with van der Waals surface area (Å²) in [7, 11) is 0. The van der Waals surface area contributed by atoms with Crippen molar-refractivity contribution in [3.05, 3.63) is 24.4 Å². The van der Waals surface area contributed by atoms with Crippen LogP contribution in [0.15, 0.2) is 24.4 Å². The van der Waals surface area contributed by atoms with Gasteiger partial charge in [0.2, 0.25) is 5.95 Å². The van der Waals surface area contributed by atoms with E-state index in [0.717, 1.165) is 46.6 Å². The number of hydrogen-bond acceptors (Lipinski definition) is 6. The lowest BCUT2D eigenvalue weighted by molar-refractivity contribution is 0.203. The molecule has 23 heavy (non-hydrogen) atoms. The van der Waals surface area contributed by atoms with Crippen LogP contribution < -0.4 is 15.8 Å². The second-order valence-electron chi connectivity index (χ2n) is 6.11. The van der Waals surface area contributed by atoms with Gasteiger partial charge in [-0.05, 0) is 37.5 Å². The van der Waals surface area contributed by atoms with Crippen molar-refractivity contribution in [2.75, 3.05) is 11.1 Å². The molecule has 3 heterocycles. The maximum absolute atomic E-state index is 6.31. The molecule has 0 saturated heterocycles. The lowest BCUT2D eigenvalue weighted by Crippen LogP contribution is -2.31. The van der Waals surface area contributed by atoms with Crippen LogP contribution in [0, 0.1) is 0 Å². The minimum absolute atomic E-state index is 0.193. The largest absolute Gasteiger partial charge is 0.487 e. The molecule has 0 radical (unpaired) electrons. The third kappa shape index (κ3) is 1.93. The summed E-state index contributed by atoms with van der Waals surface area (Å²) < 4.78 is 6.31. The Hall–Kier alpha value is -2.83. The molecule has 0 unspecified atom stereocenters. The van der Waals surface area contributed by atoms with Gasteiger partial charge in [-0.1, -0.05) is 0 Å². The Labute approximate surface area is 132 Å². The fourth-order valence-electron chi connectivity index (χ4n) is 3.57. The van der Waals surface area contributed by atoms with Gasteiger partial charge in [-0.15, -0.1) is 0 Å². The number of nitrogens with zero attached hydrogens (tertiary/aromatic N) is 3. The minimum Gasteiger partial charge on any atom is -0.487 e. The molecule has 3 aromatic rings. The first-order valence-electron chi connectivity index (χ1n) is 7.82. The van der Waals surface area contributed by atoms with Crippen molar-refractivity contribution < 1.29 is 4.74 Å². The van der Waals surface area contributed by atoms with Crippen molar-refractivity contribution in [2.45, 2.75) is 31.4 Å². The molecule has 2 aromatic heterocycles. The van der Waals surface area contributed by atoms with Crippen LogP contribution in [0.25, 0.3) is 22.2 Å². The van der Waals surface area contributed by atoms with Gasteiger partial charge in [0.25, 0.3) is 0 Å². The third-order valence-electron chi connectivity index (χ3n) is 4.65. The van der Waals surface area contributed by atoms with E-state index in [-0.39, 0.29) is 12.1 Å². The number of hydrogen-bond donors (Lipinski definition) is 3. The van der Waals surface area contributed by atoms with E-state index in [2.05, 4.69) is 25.5 Å². The number of nitrogens with two attached hydrogens (primary N) is 1. The lowest BCUT2D eigenvalue weighted by atomic mass is 10.1. The number of H-pyrrole nitrogens is 1. The molecule has 1 aliphatic carbocycles. The number of nitrogens with one attached hydrogen (secondary N) is 2. The van der Waals surface area contributed by atoms with Crippen molar-refractivity contribution in [1.82, 2.24) is 20.2 Å². The number of benzene rings is 1. The lowest BCUT2D eigenvalue weighted by Gasteiger charge is -2.19. The molecule has 1 aromatic carbocycles. The van der Waals surface area contributed by atoms with Gasteiger partial charge in [-0.3, -0.25) is 5.10 Å². The summed E-state index contributed by atoms with van der Waals surface area (Å²) >= 11 is 0. The quantitative estimate of drug-likeness (QED) is 0.637. The zero-order chi connectivity index (χ0) is 15.4. The van der Waals surface area contributed by atoms with Gasteiger partial charge < -0.3 is 15.8 Å². The summed E-state index contributed by atoms with van der Waals surface area (Å²) in [6.07, 6.45) is 5.21. The number of ether oxygens (including phenoxy) is 1. The van der Waals surface area contributed by atoms with Crippen LogP contribution in [0.2, 0.25) is 0 Å². The molecule has 1 aliphatic heterocycles. The minimum atomic E-state index is 0.193. The zero-order valence-electron chi connectivity index (χ0n) is 12.4. The van der Waals surface area contributed by atoms with E-state index in [1.165, 1.54) is 6.42 Å². The molecule has 5 rings (SSSR count). The van der Waals surface area contributed by atoms with Crippen LogP contribution in [0.5, 0.6) is 5.75 Å². The van der Waals surface area contributed by atoms with Crippen molar-refractivity contribution in [2.24, 2.45) is 0 Å². The average molecular weight is 308 g/mol. The van der Waals surface area contributed by atoms with Crippen molar-refractivity contribution in [3.63, 3.8) is 0 Å². The standard InChI is InChI=1S/C16H16N6O/c17-16-18-5-4-9(20-16)8-6-11-14-13(7-8)23-12-3-1-2-10(12)19-15(14)22-21-11/h4-7,10,12H,1-3H2,(H2,17,18,20)(H2,19,21,22)/t10-,12-/m1/s1. The Balaban J connectivity index is 1.69. The van der Waals surface area contributed by atoms with E-state index in [1.807, 2.05) is 18.2 Å². The van der Waals surface area contributed by atoms with Crippen LogP contribution in [0.1, 0.15) is 19.3 Å². The van der Waals surface area contributed by atoms with E-state index in [1.54, 1.807) is 6.20 Å². The van der Waals surface area contributed by atoms with Crippen molar-refractivity contribution in [3.8, 4) is 17.0 Å². The van der Waals surface area contributed by atoms with Crippen LogP contribution in [0.3, 0.4) is 0 Å². The zero-order valence-corrected chi connectivity index (χ0v) is 12.4. The van der Waals surface area contributed by atoms with Crippen molar-refractivity contribution >= 4 is 22.7 Å². The molecule has 0 bridgehead atoms. The molecule has 0 amide bonds. The van der Waals surface area contributed by atoms with Gasteiger partial charge in [0.15, 0.2) is 5.82 Å². The van der Waals surface area contributed by atoms with Crippen LogP contribution in [0.4, 0.5) is 11.8 Å². The van der Waals surface area contributed by atoms with Gasteiger partial charge in [0, 0.05) is 11.8 Å². The highest BCUT2D eigenvalue weighted by Crippen LogP contribution is 2.40. The number of aromatic amines is 1. The number of aromatic nitrogens is 4. The Morgan fingerprint density at radius 1 is 1.26 bits per heavy atom. The topological polar surface area (TPSA) is 102 Å². The molecule has 116 valence electrons. The summed E-state index contributed by atoms with van der Waals surface area (Å²) in [5, 5.41) is 12.0. The SMILES string of the molecule is Nc1nccc(-c2cc3c4c(n[nH]c4c2)N[C@@H]2CCC[C@H]2O3)n1. The summed E-state index contributed by atoms with van der Waals surface area (Å²) in [4.78, 5) is 8.25. The first-order valence-corrected chi connectivity index (χ1v) is 7.82. The second kappa shape index (κ2) is 4.58. The number of nitrogen functional groups attached to an aromatic ring is 1. The van der Waals surface area contributed by atoms with Gasteiger partial charge in [0.05, 0.1) is 22.6 Å². The highest BCUT2D eigenvalue weighted by molar-refractivity contribution is 5.98. The molecular weight excluding hydrogens is 292 g/mol. The molecule has 1 saturated carbocycles. The Morgan fingerprint density at radius 3 is 3.13 bits per heavy atom. The predicted molar refractivity (Wildman–Crippen MR) is 87.2 cm³/mol. The van der Waals surface area contributed by atoms with Gasteiger partial charge in [0.1, 0.15) is 11.9 Å².